The van der Waals surface area contributed by atoms with Crippen LogP contribution in [0.25, 0.3) is 0 Å². The van der Waals surface area contributed by atoms with Crippen molar-refractivity contribution in [1.29, 1.82) is 0 Å². The van der Waals surface area contributed by atoms with Crippen LogP contribution in [0.5, 0.6) is 0 Å². The van der Waals surface area contributed by atoms with Crippen LogP contribution in [0.2, 0.25) is 0 Å². The highest BCUT2D eigenvalue weighted by Gasteiger charge is 2.30. The molecule has 0 saturated carbocycles. The van der Waals surface area contributed by atoms with Gasteiger partial charge in [-0.05, 0) is 25.2 Å². The number of hydrogen-bond donors (Lipinski definition) is 0. The zero-order valence-corrected chi connectivity index (χ0v) is 10.7. The Morgan fingerprint density at radius 2 is 1.73 bits per heavy atom. The van der Waals surface area contributed by atoms with E-state index in [1.54, 1.807) is 0 Å². The lowest BCUT2D eigenvalue weighted by Crippen LogP contribution is -2.48. The molecule has 0 spiro atoms. The molecule has 0 N–H and O–H groups in total. The molecule has 3 heteroatoms. The van der Waals surface area contributed by atoms with E-state index in [1.807, 2.05) is 16.8 Å². The average Bonchev–Trinajstić information content (AvgIpc) is 2.65. The van der Waals surface area contributed by atoms with Gasteiger partial charge in [-0.25, -0.2) is 4.79 Å². The topological polar surface area (TPSA) is 23.6 Å². The summed E-state index contributed by atoms with van der Waals surface area (Å²) in [6.45, 7) is 10.5. The van der Waals surface area contributed by atoms with Crippen LogP contribution < -0.4 is 0 Å². The van der Waals surface area contributed by atoms with Crippen LogP contribution in [0.4, 0.5) is 4.79 Å². The van der Waals surface area contributed by atoms with Gasteiger partial charge in [0, 0.05) is 26.2 Å². The van der Waals surface area contributed by atoms with E-state index in [1.165, 1.54) is 0 Å². The zero-order valence-electron chi connectivity index (χ0n) is 10.7. The molecular weight excluding hydrogens is 188 g/mol. The minimum absolute atomic E-state index is 0.143. The highest BCUT2D eigenvalue weighted by Crippen LogP contribution is 2.24. The molecule has 15 heavy (non-hydrogen) atoms. The van der Waals surface area contributed by atoms with Crippen LogP contribution in [0, 0.1) is 5.41 Å². The third-order valence-corrected chi connectivity index (χ3v) is 3.51. The van der Waals surface area contributed by atoms with Gasteiger partial charge in [0.15, 0.2) is 0 Å². The van der Waals surface area contributed by atoms with Gasteiger partial charge in [0.1, 0.15) is 0 Å². The molecule has 88 valence electrons. The molecule has 0 aliphatic carbocycles. The Morgan fingerprint density at radius 3 is 2.13 bits per heavy atom. The predicted molar refractivity (Wildman–Crippen MR) is 62.9 cm³/mol. The third kappa shape index (κ3) is 2.86. The molecule has 1 heterocycles. The van der Waals surface area contributed by atoms with Crippen molar-refractivity contribution in [1.82, 2.24) is 9.80 Å². The van der Waals surface area contributed by atoms with Crippen molar-refractivity contribution in [3.05, 3.63) is 0 Å². The third-order valence-electron chi connectivity index (χ3n) is 3.51. The van der Waals surface area contributed by atoms with Gasteiger partial charge in [0.05, 0.1) is 0 Å². The van der Waals surface area contributed by atoms with Crippen molar-refractivity contribution in [3.8, 4) is 0 Å². The maximum atomic E-state index is 12.1. The van der Waals surface area contributed by atoms with Gasteiger partial charge < -0.3 is 9.80 Å². The van der Waals surface area contributed by atoms with Gasteiger partial charge in [-0.2, -0.15) is 0 Å². The van der Waals surface area contributed by atoms with E-state index in [0.717, 1.165) is 25.9 Å². The second kappa shape index (κ2) is 4.42. The van der Waals surface area contributed by atoms with Gasteiger partial charge in [-0.3, -0.25) is 0 Å². The summed E-state index contributed by atoms with van der Waals surface area (Å²) in [6, 6.07) is 0.459. The molecule has 1 rings (SSSR count). The van der Waals surface area contributed by atoms with Crippen molar-refractivity contribution in [2.75, 3.05) is 20.1 Å². The Morgan fingerprint density at radius 1 is 1.27 bits per heavy atom. The second-order valence-corrected chi connectivity index (χ2v) is 5.63. The van der Waals surface area contributed by atoms with E-state index >= 15 is 0 Å². The molecular formula is C12H24N2O. The summed E-state index contributed by atoms with van der Waals surface area (Å²) in [5.41, 5.74) is 0.143. The van der Waals surface area contributed by atoms with Crippen LogP contribution in [-0.4, -0.2) is 42.0 Å². The number of nitrogens with zero attached hydrogens (tertiary/aromatic N) is 2. The van der Waals surface area contributed by atoms with Gasteiger partial charge >= 0.3 is 6.03 Å². The Bertz CT molecular complexity index is 226. The highest BCUT2D eigenvalue weighted by molar-refractivity contribution is 5.74. The smallest absolute Gasteiger partial charge is 0.319 e. The van der Waals surface area contributed by atoms with Crippen LogP contribution in [0.3, 0.4) is 0 Å². The summed E-state index contributed by atoms with van der Waals surface area (Å²) in [7, 11) is 1.91. The maximum absolute atomic E-state index is 12.1. The molecule has 0 aromatic heterocycles. The van der Waals surface area contributed by atoms with Crippen molar-refractivity contribution >= 4 is 6.03 Å². The molecule has 1 fully saturated rings. The van der Waals surface area contributed by atoms with Crippen molar-refractivity contribution in [3.63, 3.8) is 0 Å². The first-order valence-corrected chi connectivity index (χ1v) is 5.86. The number of carbonyl (C=O) groups excluding carboxylic acids is 1. The number of urea groups is 1. The number of carbonyl (C=O) groups is 1. The van der Waals surface area contributed by atoms with E-state index in [-0.39, 0.29) is 17.5 Å². The van der Waals surface area contributed by atoms with E-state index < -0.39 is 0 Å². The Balaban J connectivity index is 2.59. The molecule has 1 unspecified atom stereocenters. The summed E-state index contributed by atoms with van der Waals surface area (Å²) < 4.78 is 0. The van der Waals surface area contributed by atoms with E-state index in [9.17, 15) is 4.79 Å². The van der Waals surface area contributed by atoms with Gasteiger partial charge in [0.25, 0.3) is 0 Å². The fourth-order valence-electron chi connectivity index (χ4n) is 1.88. The minimum Gasteiger partial charge on any atom is -0.325 e. The summed E-state index contributed by atoms with van der Waals surface area (Å²) in [5, 5.41) is 0. The van der Waals surface area contributed by atoms with E-state index in [0.29, 0.717) is 0 Å². The van der Waals surface area contributed by atoms with E-state index in [4.69, 9.17) is 0 Å². The number of hydrogen-bond acceptors (Lipinski definition) is 1. The first-order valence-electron chi connectivity index (χ1n) is 5.86. The number of likely N-dealkylation sites (tertiary alicyclic amines) is 1. The van der Waals surface area contributed by atoms with Gasteiger partial charge in [-0.1, -0.05) is 20.8 Å². The zero-order chi connectivity index (χ0) is 11.6. The van der Waals surface area contributed by atoms with Crippen LogP contribution in [-0.2, 0) is 0 Å². The van der Waals surface area contributed by atoms with Crippen molar-refractivity contribution < 1.29 is 4.79 Å². The number of rotatable bonds is 1. The molecule has 3 nitrogen and oxygen atoms in total. The average molecular weight is 212 g/mol. The molecule has 0 aromatic carbocycles. The molecule has 1 aliphatic rings. The standard InChI is InChI=1S/C12H24N2O/c1-10(12(2,3)4)13(5)11(15)14-8-6-7-9-14/h10H,6-9H2,1-5H3. The predicted octanol–water partition coefficient (Wildman–Crippen LogP) is 2.57. The first kappa shape index (κ1) is 12.3. The molecule has 0 radical (unpaired) electrons. The monoisotopic (exact) mass is 212 g/mol. The van der Waals surface area contributed by atoms with E-state index in [2.05, 4.69) is 27.7 Å². The quantitative estimate of drug-likeness (QED) is 0.655. The fraction of sp³-hybridized carbons (Fsp3) is 0.917. The highest BCUT2D eigenvalue weighted by atomic mass is 16.2. The molecule has 1 atom stereocenters. The molecule has 0 bridgehead atoms. The van der Waals surface area contributed by atoms with Crippen LogP contribution in [0.1, 0.15) is 40.5 Å². The molecule has 1 aliphatic heterocycles. The SMILES string of the molecule is CC(N(C)C(=O)N1CCCC1)C(C)(C)C. The lowest BCUT2D eigenvalue weighted by molar-refractivity contribution is 0.121. The fourth-order valence-corrected chi connectivity index (χ4v) is 1.88. The van der Waals surface area contributed by atoms with Crippen LogP contribution >= 0.6 is 0 Å². The molecule has 1 saturated heterocycles. The second-order valence-electron chi connectivity index (χ2n) is 5.63. The Hall–Kier alpha value is -0.730. The van der Waals surface area contributed by atoms with Crippen molar-refractivity contribution in [2.24, 2.45) is 5.41 Å². The normalized spacial score (nSPS) is 19.1. The lowest BCUT2D eigenvalue weighted by Gasteiger charge is -2.37. The molecule has 2 amide bonds. The summed E-state index contributed by atoms with van der Waals surface area (Å²) in [6.07, 6.45) is 2.31. The largest absolute Gasteiger partial charge is 0.325 e. The summed E-state index contributed by atoms with van der Waals surface area (Å²) in [5.74, 6) is 0. The maximum Gasteiger partial charge on any atom is 0.319 e. The number of amides is 2. The Labute approximate surface area is 93.4 Å². The first-order chi connectivity index (χ1) is 6.84. The lowest BCUT2D eigenvalue weighted by atomic mass is 9.87. The summed E-state index contributed by atoms with van der Waals surface area (Å²) in [4.78, 5) is 15.9. The van der Waals surface area contributed by atoms with Gasteiger partial charge in [-0.15, -0.1) is 0 Å². The van der Waals surface area contributed by atoms with Gasteiger partial charge in [0.2, 0.25) is 0 Å². The van der Waals surface area contributed by atoms with Crippen LogP contribution in [0.15, 0.2) is 0 Å². The Kier molecular flexibility index (Phi) is 3.63. The minimum atomic E-state index is 0.143. The van der Waals surface area contributed by atoms with Crippen molar-refractivity contribution in [2.45, 2.75) is 46.6 Å². The molecule has 0 aromatic rings. The summed E-state index contributed by atoms with van der Waals surface area (Å²) >= 11 is 0.